The Labute approximate surface area is 96.6 Å². The van der Waals surface area contributed by atoms with E-state index in [-0.39, 0.29) is 11.5 Å². The third-order valence-corrected chi connectivity index (χ3v) is 3.34. The van der Waals surface area contributed by atoms with E-state index in [4.69, 9.17) is 5.73 Å². The SMILES string of the molecule is NC(c1cc(F)ccc1C(F)(F)F)C1CCC1. The lowest BCUT2D eigenvalue weighted by Crippen LogP contribution is -2.29. The Morgan fingerprint density at radius 2 is 1.88 bits per heavy atom. The molecular formula is C12H13F4N. The predicted octanol–water partition coefficient (Wildman–Crippen LogP) is 3.64. The highest BCUT2D eigenvalue weighted by Crippen LogP contribution is 2.41. The largest absolute Gasteiger partial charge is 0.416 e. The molecule has 0 heterocycles. The van der Waals surface area contributed by atoms with Crippen LogP contribution >= 0.6 is 0 Å². The second-order valence-electron chi connectivity index (χ2n) is 4.45. The molecule has 94 valence electrons. The Morgan fingerprint density at radius 1 is 1.24 bits per heavy atom. The molecule has 1 aromatic rings. The summed E-state index contributed by atoms with van der Waals surface area (Å²) >= 11 is 0. The fourth-order valence-electron chi connectivity index (χ4n) is 2.12. The third-order valence-electron chi connectivity index (χ3n) is 3.34. The molecule has 17 heavy (non-hydrogen) atoms. The summed E-state index contributed by atoms with van der Waals surface area (Å²) in [7, 11) is 0. The van der Waals surface area contributed by atoms with Crippen LogP contribution in [0.4, 0.5) is 17.6 Å². The molecule has 1 aliphatic rings. The number of halogens is 4. The van der Waals surface area contributed by atoms with Gasteiger partial charge in [0.15, 0.2) is 0 Å². The highest BCUT2D eigenvalue weighted by molar-refractivity contribution is 5.33. The van der Waals surface area contributed by atoms with E-state index in [1.165, 1.54) is 0 Å². The minimum absolute atomic E-state index is 0.0397. The molecule has 1 fully saturated rings. The first-order valence-electron chi connectivity index (χ1n) is 5.52. The van der Waals surface area contributed by atoms with Crippen molar-refractivity contribution in [3.63, 3.8) is 0 Å². The molecule has 1 aromatic carbocycles. The van der Waals surface area contributed by atoms with E-state index < -0.39 is 23.6 Å². The second kappa shape index (κ2) is 4.29. The molecule has 1 nitrogen and oxygen atoms in total. The molecule has 5 heteroatoms. The van der Waals surface area contributed by atoms with Gasteiger partial charge >= 0.3 is 6.18 Å². The zero-order valence-electron chi connectivity index (χ0n) is 9.10. The van der Waals surface area contributed by atoms with Crippen molar-refractivity contribution in [1.29, 1.82) is 0 Å². The summed E-state index contributed by atoms with van der Waals surface area (Å²) in [6, 6.07) is 1.77. The molecule has 0 aliphatic heterocycles. The zero-order chi connectivity index (χ0) is 12.6. The quantitative estimate of drug-likeness (QED) is 0.793. The summed E-state index contributed by atoms with van der Waals surface area (Å²) in [6.07, 6.45) is -1.87. The summed E-state index contributed by atoms with van der Waals surface area (Å²) < 4.78 is 51.3. The molecule has 0 bridgehead atoms. The second-order valence-corrected chi connectivity index (χ2v) is 4.45. The van der Waals surface area contributed by atoms with Gasteiger partial charge in [-0.3, -0.25) is 0 Å². The van der Waals surface area contributed by atoms with E-state index in [0.29, 0.717) is 0 Å². The first kappa shape index (κ1) is 12.4. The number of hydrogen-bond acceptors (Lipinski definition) is 1. The maximum Gasteiger partial charge on any atom is 0.416 e. The summed E-state index contributed by atoms with van der Waals surface area (Å²) in [5.41, 5.74) is 4.86. The number of hydrogen-bond donors (Lipinski definition) is 1. The first-order chi connectivity index (χ1) is 7.89. The van der Waals surface area contributed by atoms with Crippen molar-refractivity contribution in [3.05, 3.63) is 35.1 Å². The van der Waals surface area contributed by atoms with E-state index in [0.717, 1.165) is 37.5 Å². The molecule has 0 amide bonds. The van der Waals surface area contributed by atoms with E-state index in [1.54, 1.807) is 0 Å². The van der Waals surface area contributed by atoms with Gasteiger partial charge in [-0.05, 0) is 42.5 Å². The Kier molecular flexibility index (Phi) is 3.12. The molecular weight excluding hydrogens is 234 g/mol. The van der Waals surface area contributed by atoms with Crippen LogP contribution in [0, 0.1) is 11.7 Å². The summed E-state index contributed by atoms with van der Waals surface area (Å²) in [6.45, 7) is 0. The summed E-state index contributed by atoms with van der Waals surface area (Å²) in [5.74, 6) is -0.638. The fourth-order valence-corrected chi connectivity index (χ4v) is 2.12. The Balaban J connectivity index is 2.39. The number of rotatable bonds is 2. The maximum absolute atomic E-state index is 13.1. The van der Waals surface area contributed by atoms with Crippen LogP contribution in [0.15, 0.2) is 18.2 Å². The third kappa shape index (κ3) is 2.44. The first-order valence-corrected chi connectivity index (χ1v) is 5.52. The van der Waals surface area contributed by atoms with Gasteiger partial charge in [-0.15, -0.1) is 0 Å². The lowest BCUT2D eigenvalue weighted by molar-refractivity contribution is -0.138. The van der Waals surface area contributed by atoms with Gasteiger partial charge in [-0.25, -0.2) is 4.39 Å². The van der Waals surface area contributed by atoms with Crippen LogP contribution in [0.1, 0.15) is 36.4 Å². The minimum atomic E-state index is -4.48. The molecule has 0 radical (unpaired) electrons. The van der Waals surface area contributed by atoms with Crippen LogP contribution in [0.25, 0.3) is 0 Å². The van der Waals surface area contributed by atoms with Gasteiger partial charge in [0.2, 0.25) is 0 Å². The van der Waals surface area contributed by atoms with Crippen molar-refractivity contribution in [2.45, 2.75) is 31.5 Å². The summed E-state index contributed by atoms with van der Waals surface area (Å²) in [5, 5.41) is 0. The van der Waals surface area contributed by atoms with E-state index in [2.05, 4.69) is 0 Å². The van der Waals surface area contributed by atoms with E-state index in [9.17, 15) is 17.6 Å². The number of alkyl halides is 3. The molecule has 1 saturated carbocycles. The Hall–Kier alpha value is -1.10. The summed E-state index contributed by atoms with van der Waals surface area (Å²) in [4.78, 5) is 0. The van der Waals surface area contributed by atoms with Crippen LogP contribution in [0.2, 0.25) is 0 Å². The molecule has 2 rings (SSSR count). The minimum Gasteiger partial charge on any atom is -0.324 e. The van der Waals surface area contributed by atoms with Crippen LogP contribution in [-0.4, -0.2) is 0 Å². The Bertz CT molecular complexity index is 409. The smallest absolute Gasteiger partial charge is 0.324 e. The van der Waals surface area contributed by atoms with Crippen LogP contribution in [0.3, 0.4) is 0 Å². The van der Waals surface area contributed by atoms with Crippen molar-refractivity contribution in [2.24, 2.45) is 11.7 Å². The van der Waals surface area contributed by atoms with Gasteiger partial charge in [-0.2, -0.15) is 13.2 Å². The van der Waals surface area contributed by atoms with Crippen molar-refractivity contribution >= 4 is 0 Å². The van der Waals surface area contributed by atoms with Crippen molar-refractivity contribution in [3.8, 4) is 0 Å². The average molecular weight is 247 g/mol. The van der Waals surface area contributed by atoms with Gasteiger partial charge in [0.05, 0.1) is 5.56 Å². The number of nitrogens with two attached hydrogens (primary N) is 1. The monoisotopic (exact) mass is 247 g/mol. The van der Waals surface area contributed by atoms with Crippen molar-refractivity contribution < 1.29 is 17.6 Å². The highest BCUT2D eigenvalue weighted by atomic mass is 19.4. The molecule has 0 aromatic heterocycles. The normalized spacial score (nSPS) is 18.9. The van der Waals surface area contributed by atoms with Gasteiger partial charge in [0.1, 0.15) is 5.82 Å². The van der Waals surface area contributed by atoms with Gasteiger partial charge < -0.3 is 5.73 Å². The van der Waals surface area contributed by atoms with Gasteiger partial charge in [-0.1, -0.05) is 6.42 Å². The zero-order valence-corrected chi connectivity index (χ0v) is 9.10. The van der Waals surface area contributed by atoms with Crippen molar-refractivity contribution in [1.82, 2.24) is 0 Å². The molecule has 2 N–H and O–H groups in total. The standard InChI is InChI=1S/C12H13F4N/c13-8-4-5-10(12(14,15)16)9(6-8)11(17)7-2-1-3-7/h4-7,11H,1-3,17H2. The van der Waals surface area contributed by atoms with Gasteiger partial charge in [0, 0.05) is 6.04 Å². The highest BCUT2D eigenvalue weighted by Gasteiger charge is 2.37. The van der Waals surface area contributed by atoms with E-state index in [1.807, 2.05) is 0 Å². The molecule has 1 unspecified atom stereocenters. The average Bonchev–Trinajstić information content (AvgIpc) is 2.12. The predicted molar refractivity (Wildman–Crippen MR) is 55.7 cm³/mol. The maximum atomic E-state index is 13.1. The van der Waals surface area contributed by atoms with Crippen LogP contribution in [-0.2, 0) is 6.18 Å². The molecule has 0 spiro atoms. The van der Waals surface area contributed by atoms with Gasteiger partial charge in [0.25, 0.3) is 0 Å². The lowest BCUT2D eigenvalue weighted by atomic mass is 9.76. The molecule has 0 saturated heterocycles. The lowest BCUT2D eigenvalue weighted by Gasteiger charge is -2.32. The topological polar surface area (TPSA) is 26.0 Å². The number of benzene rings is 1. The van der Waals surface area contributed by atoms with E-state index >= 15 is 0 Å². The fraction of sp³-hybridized carbons (Fsp3) is 0.500. The van der Waals surface area contributed by atoms with Crippen molar-refractivity contribution in [2.75, 3.05) is 0 Å². The Morgan fingerprint density at radius 3 is 2.35 bits per heavy atom. The van der Waals surface area contributed by atoms with Crippen LogP contribution in [0.5, 0.6) is 0 Å². The molecule has 1 aliphatic carbocycles. The van der Waals surface area contributed by atoms with Crippen LogP contribution < -0.4 is 5.73 Å². The molecule has 1 atom stereocenters.